The van der Waals surface area contributed by atoms with Crippen molar-refractivity contribution in [2.75, 3.05) is 0 Å². The third-order valence-electron chi connectivity index (χ3n) is 8.34. The number of carboxylic acid groups (broad SMARTS) is 1. The molecule has 1 aliphatic rings. The van der Waals surface area contributed by atoms with E-state index in [9.17, 15) is 9.90 Å². The maximum absolute atomic E-state index is 11.4. The Labute approximate surface area is 242 Å². The molecule has 2 unspecified atom stereocenters. The summed E-state index contributed by atoms with van der Waals surface area (Å²) in [6, 6.07) is 21.4. The maximum atomic E-state index is 11.4. The molecular weight excluding hydrogens is 532 g/mol. The second kappa shape index (κ2) is 11.6. The molecule has 0 aliphatic heterocycles. The van der Waals surface area contributed by atoms with Gasteiger partial charge in [-0.1, -0.05) is 63.2 Å². The van der Waals surface area contributed by atoms with Crippen LogP contribution in [0.15, 0.2) is 77.3 Å². The molecule has 0 saturated carbocycles. The molecule has 1 N–H and O–H groups in total. The van der Waals surface area contributed by atoms with Gasteiger partial charge in [0.2, 0.25) is 5.89 Å². The van der Waals surface area contributed by atoms with Crippen LogP contribution in [0.4, 0.5) is 0 Å². The Kier molecular flexibility index (Phi) is 8.15. The summed E-state index contributed by atoms with van der Waals surface area (Å²) in [5.41, 5.74) is 4.14. The lowest BCUT2D eigenvalue weighted by Crippen LogP contribution is -2.43. The van der Waals surface area contributed by atoms with Crippen LogP contribution in [0.1, 0.15) is 66.4 Å². The molecule has 41 heavy (non-hydrogen) atoms. The maximum Gasteiger partial charge on any atom is 0.354 e. The predicted octanol–water partition coefficient (Wildman–Crippen LogP) is 7.88. The number of carbonyl (C=O) groups is 1. The number of hydrogen-bond donors (Lipinski definition) is 1. The summed E-state index contributed by atoms with van der Waals surface area (Å²) in [5, 5.41) is 9.38. The zero-order valence-electron chi connectivity index (χ0n) is 24.4. The lowest BCUT2D eigenvalue weighted by Gasteiger charge is -2.41. The van der Waals surface area contributed by atoms with Gasteiger partial charge < -0.3 is 18.7 Å². The summed E-state index contributed by atoms with van der Waals surface area (Å²) in [4.78, 5) is 20.3. The Morgan fingerprint density at radius 1 is 1.07 bits per heavy atom. The van der Waals surface area contributed by atoms with Crippen LogP contribution in [0.3, 0.4) is 0 Å². The molecule has 2 heterocycles. The van der Waals surface area contributed by atoms with E-state index in [0.29, 0.717) is 24.0 Å². The Bertz CT molecular complexity index is 1510. The van der Waals surface area contributed by atoms with E-state index in [-0.39, 0.29) is 22.8 Å². The number of nitrogens with zero attached hydrogens (tertiary/aromatic N) is 2. The minimum atomic E-state index is -2.19. The number of aromatic carboxylic acids is 1. The second-order valence-electron chi connectivity index (χ2n) is 12.3. The van der Waals surface area contributed by atoms with E-state index >= 15 is 0 Å². The highest BCUT2D eigenvalue weighted by Gasteiger charge is 2.43. The number of oxazole rings is 1. The van der Waals surface area contributed by atoms with Crippen LogP contribution in [0.5, 0.6) is 5.75 Å². The number of aryl methyl sites for hydroxylation is 1. The number of pyridine rings is 1. The van der Waals surface area contributed by atoms with E-state index < -0.39 is 14.3 Å². The molecule has 2 atom stereocenters. The van der Waals surface area contributed by atoms with Gasteiger partial charge in [-0.15, -0.1) is 0 Å². The van der Waals surface area contributed by atoms with Gasteiger partial charge in [-0.2, -0.15) is 0 Å². The molecule has 2 aromatic heterocycles. The van der Waals surface area contributed by atoms with Crippen LogP contribution < -0.4 is 4.74 Å². The normalized spacial score (nSPS) is 16.2. The fourth-order valence-corrected chi connectivity index (χ4v) is 6.20. The first-order valence-corrected chi connectivity index (χ1v) is 17.0. The van der Waals surface area contributed by atoms with Crippen molar-refractivity contribution in [3.8, 4) is 17.2 Å². The number of rotatable bonds is 9. The largest absolute Gasteiger partial charge is 0.489 e. The van der Waals surface area contributed by atoms with Crippen molar-refractivity contribution in [2.45, 2.75) is 70.9 Å². The molecule has 214 valence electrons. The summed E-state index contributed by atoms with van der Waals surface area (Å²) < 4.78 is 19.4. The molecule has 0 fully saturated rings. The van der Waals surface area contributed by atoms with Gasteiger partial charge in [-0.05, 0) is 84.3 Å². The van der Waals surface area contributed by atoms with Gasteiger partial charge in [-0.3, -0.25) is 0 Å². The van der Waals surface area contributed by atoms with E-state index in [1.54, 1.807) is 18.3 Å². The van der Waals surface area contributed by atoms with E-state index in [1.165, 1.54) is 17.2 Å². The van der Waals surface area contributed by atoms with Gasteiger partial charge in [0.25, 0.3) is 0 Å². The number of benzene rings is 2. The fourth-order valence-electron chi connectivity index (χ4n) is 4.92. The second-order valence-corrected chi connectivity index (χ2v) is 17.0. The topological polar surface area (TPSA) is 94.7 Å². The molecular formula is C33H38N2O5Si. The molecule has 5 rings (SSSR count). The summed E-state index contributed by atoms with van der Waals surface area (Å²) in [6.45, 7) is 11.7. The number of fused-ring (bicyclic) bond motifs is 1. The van der Waals surface area contributed by atoms with Crippen LogP contribution in [-0.2, 0) is 23.9 Å². The highest BCUT2D eigenvalue weighted by atomic mass is 28.4. The molecule has 4 aromatic rings. The first kappa shape index (κ1) is 28.8. The molecule has 1 aliphatic carbocycles. The average molecular weight is 571 g/mol. The third-order valence-corrected chi connectivity index (χ3v) is 12.8. The van der Waals surface area contributed by atoms with Crippen molar-refractivity contribution in [1.82, 2.24) is 9.97 Å². The molecule has 7 nitrogen and oxygen atoms in total. The highest BCUT2D eigenvalue weighted by Crippen LogP contribution is 2.45. The lowest BCUT2D eigenvalue weighted by molar-refractivity contribution is 0.0690. The van der Waals surface area contributed by atoms with Crippen LogP contribution >= 0.6 is 0 Å². The van der Waals surface area contributed by atoms with Crippen molar-refractivity contribution in [1.29, 1.82) is 0 Å². The summed E-state index contributed by atoms with van der Waals surface area (Å²) in [5.74, 6) is 0.929. The molecule has 0 amide bonds. The molecule has 0 saturated heterocycles. The van der Waals surface area contributed by atoms with Crippen molar-refractivity contribution >= 4 is 14.3 Å². The van der Waals surface area contributed by atoms with Gasteiger partial charge in [0.15, 0.2) is 14.1 Å². The zero-order valence-corrected chi connectivity index (χ0v) is 25.4. The van der Waals surface area contributed by atoms with Crippen LogP contribution in [0.2, 0.25) is 18.1 Å². The summed E-state index contributed by atoms with van der Waals surface area (Å²) in [6.07, 6.45) is 3.99. The number of hydrogen-bond acceptors (Lipinski definition) is 6. The van der Waals surface area contributed by atoms with E-state index in [2.05, 4.69) is 74.2 Å². The van der Waals surface area contributed by atoms with Crippen molar-refractivity contribution in [2.24, 2.45) is 5.92 Å². The van der Waals surface area contributed by atoms with Crippen molar-refractivity contribution in [3.63, 3.8) is 0 Å². The first-order chi connectivity index (χ1) is 19.5. The SMILES string of the molecule is CC(C)(C)[Si](C)(C)OC(c1ncc(-c2cccc(C(=O)O)n2)o1)C1CCc2cc(OCc3ccccc3)ccc2C1. The standard InChI is InChI=1S/C33H38N2O5Si/c1-33(2,3)41(4,5)40-30(31-34-20-29(39-31)27-12-9-13-28(35-27)32(36)37)25-15-14-24-19-26(17-16-23(24)18-25)38-21-22-10-7-6-8-11-22/h6-13,16-17,19-20,25,30H,14-15,18,21H2,1-5H3,(H,36,37). The first-order valence-electron chi connectivity index (χ1n) is 14.1. The Morgan fingerprint density at radius 2 is 1.85 bits per heavy atom. The quantitative estimate of drug-likeness (QED) is 0.205. The van der Waals surface area contributed by atoms with E-state index in [0.717, 1.165) is 30.6 Å². The third kappa shape index (κ3) is 6.60. The van der Waals surface area contributed by atoms with Crippen molar-refractivity contribution < 1.29 is 23.5 Å². The van der Waals surface area contributed by atoms with Crippen LogP contribution in [-0.4, -0.2) is 29.4 Å². The monoisotopic (exact) mass is 570 g/mol. The molecule has 2 aromatic carbocycles. The van der Waals surface area contributed by atoms with Crippen molar-refractivity contribution in [3.05, 3.63) is 101 Å². The predicted molar refractivity (Wildman–Crippen MR) is 160 cm³/mol. The van der Waals surface area contributed by atoms with Gasteiger partial charge in [0.05, 0.1) is 6.20 Å². The van der Waals surface area contributed by atoms with E-state index in [1.807, 2.05) is 18.2 Å². The minimum absolute atomic E-state index is 0.00954. The smallest absolute Gasteiger partial charge is 0.354 e. The fraction of sp³-hybridized carbons (Fsp3) is 0.364. The molecule has 0 spiro atoms. The van der Waals surface area contributed by atoms with E-state index in [4.69, 9.17) is 13.6 Å². The Hall–Kier alpha value is -3.75. The van der Waals surface area contributed by atoms with Crippen LogP contribution in [0, 0.1) is 5.92 Å². The molecule has 0 radical (unpaired) electrons. The van der Waals surface area contributed by atoms with Gasteiger partial charge in [-0.25, -0.2) is 14.8 Å². The minimum Gasteiger partial charge on any atom is -0.489 e. The Morgan fingerprint density at radius 3 is 2.59 bits per heavy atom. The Balaban J connectivity index is 1.39. The summed E-state index contributed by atoms with van der Waals surface area (Å²) >= 11 is 0. The molecule has 8 heteroatoms. The zero-order chi connectivity index (χ0) is 29.2. The lowest BCUT2D eigenvalue weighted by atomic mass is 9.81. The highest BCUT2D eigenvalue weighted by molar-refractivity contribution is 6.74. The number of ether oxygens (including phenoxy) is 1. The van der Waals surface area contributed by atoms with Gasteiger partial charge in [0, 0.05) is 0 Å². The van der Waals surface area contributed by atoms with Crippen LogP contribution in [0.25, 0.3) is 11.5 Å². The number of aromatic nitrogens is 2. The number of carboxylic acids is 1. The molecule has 0 bridgehead atoms. The average Bonchev–Trinajstić information content (AvgIpc) is 3.45. The van der Waals surface area contributed by atoms with Gasteiger partial charge >= 0.3 is 5.97 Å². The van der Waals surface area contributed by atoms with Gasteiger partial charge in [0.1, 0.15) is 29.8 Å². The summed E-state index contributed by atoms with van der Waals surface area (Å²) in [7, 11) is -2.19.